The largest absolute Gasteiger partial charge is 0.508 e. The van der Waals surface area contributed by atoms with E-state index >= 15 is 0 Å². The Balaban J connectivity index is 2.20. The Kier molecular flexibility index (Phi) is 4.39. The zero-order valence-corrected chi connectivity index (χ0v) is 12.8. The predicted molar refractivity (Wildman–Crippen MR) is 80.6 cm³/mol. The van der Waals surface area contributed by atoms with Crippen LogP contribution in [0.2, 0.25) is 0 Å². The number of phenolic OH excluding ortho intramolecular Hbond substituents is 1. The molecule has 0 saturated heterocycles. The van der Waals surface area contributed by atoms with E-state index in [1.807, 2.05) is 13.0 Å². The topological polar surface area (TPSA) is 53.4 Å². The van der Waals surface area contributed by atoms with Crippen LogP contribution in [-0.2, 0) is 0 Å². The van der Waals surface area contributed by atoms with E-state index in [4.69, 9.17) is 0 Å². The Morgan fingerprint density at radius 1 is 1.35 bits per heavy atom. The number of pyridine rings is 1. The zero-order valence-electron chi connectivity index (χ0n) is 11.2. The lowest BCUT2D eigenvalue weighted by Gasteiger charge is -2.25. The molecule has 1 heterocycles. The number of halogens is 1. The second kappa shape index (κ2) is 6.05. The first-order chi connectivity index (χ1) is 9.49. The van der Waals surface area contributed by atoms with Gasteiger partial charge in [-0.15, -0.1) is 0 Å². The molecule has 0 bridgehead atoms. The van der Waals surface area contributed by atoms with E-state index in [0.717, 1.165) is 10.0 Å². The first-order valence-corrected chi connectivity index (χ1v) is 6.96. The summed E-state index contributed by atoms with van der Waals surface area (Å²) in [5.74, 6) is 0.0327. The Bertz CT molecular complexity index is 614. The third-order valence-corrected chi connectivity index (χ3v) is 3.67. The molecule has 0 aliphatic heterocycles. The normalized spacial score (nSPS) is 11.9. The van der Waals surface area contributed by atoms with E-state index in [9.17, 15) is 9.90 Å². The quantitative estimate of drug-likeness (QED) is 0.936. The van der Waals surface area contributed by atoms with Gasteiger partial charge in [0.15, 0.2) is 0 Å². The average Bonchev–Trinajstić information content (AvgIpc) is 2.46. The van der Waals surface area contributed by atoms with Crippen LogP contribution in [0.15, 0.2) is 47.1 Å². The molecule has 2 aromatic rings. The first-order valence-electron chi connectivity index (χ1n) is 6.16. The molecule has 20 heavy (non-hydrogen) atoms. The Morgan fingerprint density at radius 2 is 2.10 bits per heavy atom. The molecule has 0 fully saturated rings. The summed E-state index contributed by atoms with van der Waals surface area (Å²) < 4.78 is 0.831. The molecule has 0 spiro atoms. The van der Waals surface area contributed by atoms with E-state index < -0.39 is 0 Å². The van der Waals surface area contributed by atoms with Gasteiger partial charge in [0.1, 0.15) is 11.4 Å². The summed E-state index contributed by atoms with van der Waals surface area (Å²) in [6, 6.07) is 10.2. The number of rotatable bonds is 3. The Morgan fingerprint density at radius 3 is 2.70 bits per heavy atom. The molecular weight excluding hydrogens is 320 g/mol. The number of phenols is 1. The van der Waals surface area contributed by atoms with E-state index in [-0.39, 0.29) is 17.7 Å². The molecule has 0 radical (unpaired) electrons. The maximum absolute atomic E-state index is 12.3. The standard InChI is InChI=1S/C15H15BrN2O2/c1-10(11-4-3-5-13(19)8-11)18(2)15(20)14-7-6-12(16)9-17-14/h3-10,19H,1-2H3. The second-order valence-corrected chi connectivity index (χ2v) is 5.46. The van der Waals surface area contributed by atoms with Gasteiger partial charge in [-0.25, -0.2) is 4.98 Å². The van der Waals surface area contributed by atoms with Crippen LogP contribution in [0.4, 0.5) is 0 Å². The van der Waals surface area contributed by atoms with E-state index in [0.29, 0.717) is 5.69 Å². The lowest BCUT2D eigenvalue weighted by atomic mass is 10.1. The smallest absolute Gasteiger partial charge is 0.272 e. The van der Waals surface area contributed by atoms with Crippen LogP contribution in [-0.4, -0.2) is 27.9 Å². The summed E-state index contributed by atoms with van der Waals surface area (Å²) in [4.78, 5) is 18.0. The van der Waals surface area contributed by atoms with Gasteiger partial charge in [0.2, 0.25) is 0 Å². The van der Waals surface area contributed by atoms with Gasteiger partial charge >= 0.3 is 0 Å². The van der Waals surface area contributed by atoms with Crippen molar-refractivity contribution in [3.63, 3.8) is 0 Å². The van der Waals surface area contributed by atoms with Crippen molar-refractivity contribution in [2.24, 2.45) is 0 Å². The van der Waals surface area contributed by atoms with Crippen molar-refractivity contribution >= 4 is 21.8 Å². The highest BCUT2D eigenvalue weighted by Crippen LogP contribution is 2.23. The third-order valence-electron chi connectivity index (χ3n) is 3.20. The average molecular weight is 335 g/mol. The minimum Gasteiger partial charge on any atom is -0.508 e. The van der Waals surface area contributed by atoms with Gasteiger partial charge in [0, 0.05) is 17.7 Å². The van der Waals surface area contributed by atoms with Crippen LogP contribution in [0.25, 0.3) is 0 Å². The number of benzene rings is 1. The minimum atomic E-state index is -0.159. The fraction of sp³-hybridized carbons (Fsp3) is 0.200. The van der Waals surface area contributed by atoms with E-state index in [1.54, 1.807) is 48.5 Å². The molecule has 1 aromatic carbocycles. The van der Waals surface area contributed by atoms with Crippen molar-refractivity contribution in [3.05, 3.63) is 58.3 Å². The van der Waals surface area contributed by atoms with E-state index in [2.05, 4.69) is 20.9 Å². The van der Waals surface area contributed by atoms with E-state index in [1.165, 1.54) is 0 Å². The predicted octanol–water partition coefficient (Wildman–Crippen LogP) is 3.38. The molecule has 104 valence electrons. The van der Waals surface area contributed by atoms with Crippen molar-refractivity contribution < 1.29 is 9.90 Å². The van der Waals surface area contributed by atoms with Gasteiger partial charge in [-0.1, -0.05) is 12.1 Å². The summed E-state index contributed by atoms with van der Waals surface area (Å²) in [6.07, 6.45) is 1.60. The minimum absolute atomic E-state index is 0.153. The van der Waals surface area contributed by atoms with Crippen molar-refractivity contribution in [3.8, 4) is 5.75 Å². The zero-order chi connectivity index (χ0) is 14.7. The number of aromatic hydroxyl groups is 1. The summed E-state index contributed by atoms with van der Waals surface area (Å²) in [5.41, 5.74) is 1.26. The van der Waals surface area contributed by atoms with Gasteiger partial charge in [0.05, 0.1) is 6.04 Å². The van der Waals surface area contributed by atoms with Crippen molar-refractivity contribution in [2.45, 2.75) is 13.0 Å². The fourth-order valence-electron chi connectivity index (χ4n) is 1.87. The molecule has 4 nitrogen and oxygen atoms in total. The first kappa shape index (κ1) is 14.5. The monoisotopic (exact) mass is 334 g/mol. The third kappa shape index (κ3) is 3.17. The second-order valence-electron chi connectivity index (χ2n) is 4.55. The highest BCUT2D eigenvalue weighted by molar-refractivity contribution is 9.10. The summed E-state index contributed by atoms with van der Waals surface area (Å²) in [5, 5.41) is 9.51. The molecule has 0 saturated carbocycles. The highest BCUT2D eigenvalue weighted by atomic mass is 79.9. The van der Waals surface area contributed by atoms with Gasteiger partial charge < -0.3 is 10.0 Å². The maximum atomic E-state index is 12.3. The van der Waals surface area contributed by atoms with Gasteiger partial charge in [0.25, 0.3) is 5.91 Å². The lowest BCUT2D eigenvalue weighted by Crippen LogP contribution is -2.30. The molecule has 1 amide bonds. The Hall–Kier alpha value is -1.88. The lowest BCUT2D eigenvalue weighted by molar-refractivity contribution is 0.0736. The molecule has 2 rings (SSSR count). The number of amides is 1. The van der Waals surface area contributed by atoms with Crippen LogP contribution in [0.3, 0.4) is 0 Å². The number of hydrogen-bond donors (Lipinski definition) is 1. The van der Waals surface area contributed by atoms with Crippen LogP contribution in [0, 0.1) is 0 Å². The maximum Gasteiger partial charge on any atom is 0.272 e. The van der Waals surface area contributed by atoms with Crippen LogP contribution in [0.5, 0.6) is 5.75 Å². The number of hydrogen-bond acceptors (Lipinski definition) is 3. The van der Waals surface area contributed by atoms with Crippen molar-refractivity contribution in [1.82, 2.24) is 9.88 Å². The van der Waals surface area contributed by atoms with Gasteiger partial charge in [-0.2, -0.15) is 0 Å². The highest BCUT2D eigenvalue weighted by Gasteiger charge is 2.20. The fourth-order valence-corrected chi connectivity index (χ4v) is 2.10. The van der Waals surface area contributed by atoms with Gasteiger partial charge in [-0.3, -0.25) is 4.79 Å². The summed E-state index contributed by atoms with van der Waals surface area (Å²) in [7, 11) is 1.72. The van der Waals surface area contributed by atoms with Crippen LogP contribution >= 0.6 is 15.9 Å². The Labute approximate surface area is 126 Å². The number of carbonyl (C=O) groups excluding carboxylic acids is 1. The summed E-state index contributed by atoms with van der Waals surface area (Å²) in [6.45, 7) is 1.91. The molecule has 0 aliphatic rings. The molecule has 1 atom stereocenters. The molecule has 1 aromatic heterocycles. The number of aromatic nitrogens is 1. The van der Waals surface area contributed by atoms with Crippen molar-refractivity contribution in [2.75, 3.05) is 7.05 Å². The number of nitrogens with zero attached hydrogens (tertiary/aromatic N) is 2. The van der Waals surface area contributed by atoms with Crippen LogP contribution < -0.4 is 0 Å². The molecular formula is C15H15BrN2O2. The summed E-state index contributed by atoms with van der Waals surface area (Å²) >= 11 is 3.29. The molecule has 1 unspecified atom stereocenters. The molecule has 5 heteroatoms. The van der Waals surface area contributed by atoms with Gasteiger partial charge in [-0.05, 0) is 52.7 Å². The SMILES string of the molecule is CC(c1cccc(O)c1)N(C)C(=O)c1ccc(Br)cn1. The van der Waals surface area contributed by atoms with Crippen molar-refractivity contribution in [1.29, 1.82) is 0 Å². The molecule has 0 aliphatic carbocycles. The number of carbonyl (C=O) groups is 1. The molecule has 1 N–H and O–H groups in total. The van der Waals surface area contributed by atoms with Crippen LogP contribution in [0.1, 0.15) is 29.0 Å².